The number of halogens is 1. The highest BCUT2D eigenvalue weighted by atomic mass is 35.5. The second kappa shape index (κ2) is 12.6. The van der Waals surface area contributed by atoms with Crippen LogP contribution in [0.1, 0.15) is 66.1 Å². The number of aryl methyl sites for hydroxylation is 1. The minimum absolute atomic E-state index is 0. The Morgan fingerprint density at radius 1 is 1.09 bits per heavy atom. The van der Waals surface area contributed by atoms with Crippen LogP contribution in [0.4, 0.5) is 5.69 Å². The monoisotopic (exact) mass is 483 g/mol. The van der Waals surface area contributed by atoms with Crippen LogP contribution in [0.3, 0.4) is 0 Å². The molecule has 1 N–H and O–H groups in total. The average molecular weight is 484 g/mol. The van der Waals surface area contributed by atoms with E-state index in [4.69, 9.17) is 4.74 Å². The van der Waals surface area contributed by atoms with Crippen LogP contribution >= 0.6 is 12.4 Å². The average Bonchev–Trinajstić information content (AvgIpc) is 2.83. The van der Waals surface area contributed by atoms with Gasteiger partial charge in [0.15, 0.2) is 0 Å². The van der Waals surface area contributed by atoms with Crippen LogP contribution in [-0.2, 0) is 22.4 Å². The molecule has 0 bridgehead atoms. The zero-order valence-electron chi connectivity index (χ0n) is 19.8. The lowest BCUT2D eigenvalue weighted by Gasteiger charge is -2.24. The molecular formula is C27H34ClN3O3. The van der Waals surface area contributed by atoms with Gasteiger partial charge in [0.25, 0.3) is 5.91 Å². The predicted molar refractivity (Wildman–Crippen MR) is 138 cm³/mol. The van der Waals surface area contributed by atoms with Crippen LogP contribution in [0, 0.1) is 5.92 Å². The number of hydrazone groups is 1. The maximum Gasteiger partial charge on any atom is 0.306 e. The first-order chi connectivity index (χ1) is 16.1. The number of hydrogen-bond donors (Lipinski definition) is 1. The van der Waals surface area contributed by atoms with Gasteiger partial charge in [-0.1, -0.05) is 18.2 Å². The van der Waals surface area contributed by atoms with E-state index in [1.807, 2.05) is 49.5 Å². The Balaban J connectivity index is 0.00000324. The minimum atomic E-state index is -0.131. The van der Waals surface area contributed by atoms with Crippen molar-refractivity contribution in [3.8, 4) is 0 Å². The van der Waals surface area contributed by atoms with Crippen LogP contribution in [0.2, 0.25) is 0 Å². The number of benzene rings is 2. The second-order valence-electron chi connectivity index (χ2n) is 8.94. The third-order valence-corrected chi connectivity index (χ3v) is 6.43. The molecule has 1 atom stereocenters. The van der Waals surface area contributed by atoms with E-state index in [2.05, 4.69) is 21.5 Å². The number of esters is 1. The molecule has 1 aliphatic heterocycles. The molecule has 1 amide bonds. The second-order valence-corrected chi connectivity index (χ2v) is 8.94. The summed E-state index contributed by atoms with van der Waals surface area (Å²) in [4.78, 5) is 24.6. The number of ether oxygens (including phenoxy) is 1. The Bertz CT molecular complexity index is 1000. The Labute approximate surface area is 208 Å². The number of nitrogens with one attached hydrogen (secondary N) is 1. The van der Waals surface area contributed by atoms with Crippen LogP contribution in [-0.4, -0.2) is 42.8 Å². The normalized spacial score (nSPS) is 17.6. The van der Waals surface area contributed by atoms with E-state index in [0.717, 1.165) is 43.6 Å². The van der Waals surface area contributed by atoms with Crippen LogP contribution in [0.15, 0.2) is 47.6 Å². The lowest BCUT2D eigenvalue weighted by molar-refractivity contribution is -0.144. The maximum absolute atomic E-state index is 12.8. The van der Waals surface area contributed by atoms with Gasteiger partial charge in [-0.15, -0.1) is 12.4 Å². The zero-order chi connectivity index (χ0) is 23.0. The van der Waals surface area contributed by atoms with E-state index >= 15 is 0 Å². The molecule has 0 radical (unpaired) electrons. The van der Waals surface area contributed by atoms with E-state index in [1.165, 1.54) is 30.4 Å². The van der Waals surface area contributed by atoms with Crippen molar-refractivity contribution >= 4 is 36.2 Å². The van der Waals surface area contributed by atoms with Gasteiger partial charge in [-0.05, 0) is 92.3 Å². The van der Waals surface area contributed by atoms with Gasteiger partial charge in [-0.3, -0.25) is 14.6 Å². The summed E-state index contributed by atoms with van der Waals surface area (Å²) in [5.74, 6) is 0.0369. The first kappa shape index (κ1) is 25.8. The molecule has 7 heteroatoms. The highest BCUT2D eigenvalue weighted by Gasteiger charge is 2.22. The summed E-state index contributed by atoms with van der Waals surface area (Å²) in [6.07, 6.45) is 8.78. The maximum atomic E-state index is 12.8. The van der Waals surface area contributed by atoms with Crippen molar-refractivity contribution in [3.05, 3.63) is 64.7 Å². The molecule has 34 heavy (non-hydrogen) atoms. The standard InChI is InChI=1S/C27H33N3O3.ClH/c1-2-33-26(31)17-21-8-9-22-12-13-25(18-24(22)16-21)29-27(32)23-10-6-20(7-11-23)19-28-30-14-4-3-5-15-30;/h6-7,10-13,18-19,21H,2-5,8-9,14-17H2,1H3,(H,29,32);1H. The molecule has 1 heterocycles. The molecule has 4 rings (SSSR count). The Morgan fingerprint density at radius 2 is 1.85 bits per heavy atom. The third-order valence-electron chi connectivity index (χ3n) is 6.43. The van der Waals surface area contributed by atoms with Gasteiger partial charge in [0.05, 0.1) is 12.8 Å². The number of hydrogen-bond acceptors (Lipinski definition) is 5. The summed E-state index contributed by atoms with van der Waals surface area (Å²) in [6.45, 7) is 4.28. The number of anilines is 1. The minimum Gasteiger partial charge on any atom is -0.466 e. The molecule has 6 nitrogen and oxygen atoms in total. The number of fused-ring (bicyclic) bond motifs is 1. The highest BCUT2D eigenvalue weighted by molar-refractivity contribution is 6.04. The third kappa shape index (κ3) is 7.07. The molecular weight excluding hydrogens is 450 g/mol. The van der Waals surface area contributed by atoms with Gasteiger partial charge < -0.3 is 10.1 Å². The fourth-order valence-corrected chi connectivity index (χ4v) is 4.60. The molecule has 1 fully saturated rings. The number of rotatable bonds is 7. The van der Waals surface area contributed by atoms with Crippen molar-refractivity contribution < 1.29 is 14.3 Å². The molecule has 0 spiro atoms. The van der Waals surface area contributed by atoms with Crippen molar-refractivity contribution in [2.24, 2.45) is 11.0 Å². The molecule has 2 aromatic carbocycles. The summed E-state index contributed by atoms with van der Waals surface area (Å²) < 4.78 is 5.11. The Morgan fingerprint density at radius 3 is 2.59 bits per heavy atom. The molecule has 0 saturated carbocycles. The summed E-state index contributed by atoms with van der Waals surface area (Å²) in [7, 11) is 0. The fraction of sp³-hybridized carbons (Fsp3) is 0.444. The van der Waals surface area contributed by atoms with Crippen molar-refractivity contribution in [1.29, 1.82) is 0 Å². The smallest absolute Gasteiger partial charge is 0.306 e. The molecule has 1 unspecified atom stereocenters. The fourth-order valence-electron chi connectivity index (χ4n) is 4.60. The van der Waals surface area contributed by atoms with Crippen molar-refractivity contribution in [3.63, 3.8) is 0 Å². The Kier molecular flexibility index (Phi) is 9.52. The molecule has 1 saturated heterocycles. The van der Waals surface area contributed by atoms with Crippen LogP contribution < -0.4 is 5.32 Å². The molecule has 2 aromatic rings. The summed E-state index contributed by atoms with van der Waals surface area (Å²) in [5.41, 5.74) is 4.89. The van der Waals surface area contributed by atoms with Gasteiger partial charge in [0.2, 0.25) is 0 Å². The van der Waals surface area contributed by atoms with E-state index < -0.39 is 0 Å². The lowest BCUT2D eigenvalue weighted by Crippen LogP contribution is -2.24. The summed E-state index contributed by atoms with van der Waals surface area (Å²) in [5, 5.41) is 9.67. The van der Waals surface area contributed by atoms with Crippen LogP contribution in [0.25, 0.3) is 0 Å². The number of amides is 1. The first-order valence-corrected chi connectivity index (χ1v) is 12.1. The van der Waals surface area contributed by atoms with E-state index in [9.17, 15) is 9.59 Å². The molecule has 1 aliphatic carbocycles. The molecule has 0 aromatic heterocycles. The van der Waals surface area contributed by atoms with Gasteiger partial charge in [0, 0.05) is 30.8 Å². The number of carbonyl (C=O) groups is 2. The SMILES string of the molecule is CCOC(=O)CC1CCc2ccc(NC(=O)c3ccc(C=NN4CCCCC4)cc3)cc2C1.Cl. The Hall–Kier alpha value is -2.86. The van der Waals surface area contributed by atoms with Gasteiger partial charge >= 0.3 is 5.97 Å². The number of piperidine rings is 1. The molecule has 182 valence electrons. The van der Waals surface area contributed by atoms with E-state index in [-0.39, 0.29) is 24.3 Å². The lowest BCUT2D eigenvalue weighted by atomic mass is 9.82. The van der Waals surface area contributed by atoms with E-state index in [1.54, 1.807) is 0 Å². The predicted octanol–water partition coefficient (Wildman–Crippen LogP) is 5.24. The first-order valence-electron chi connectivity index (χ1n) is 12.1. The van der Waals surface area contributed by atoms with Gasteiger partial charge in [0.1, 0.15) is 0 Å². The van der Waals surface area contributed by atoms with Crippen molar-refractivity contribution in [2.75, 3.05) is 25.0 Å². The quantitative estimate of drug-likeness (QED) is 0.432. The topological polar surface area (TPSA) is 71.0 Å². The zero-order valence-corrected chi connectivity index (χ0v) is 20.6. The van der Waals surface area contributed by atoms with Gasteiger partial charge in [-0.25, -0.2) is 0 Å². The molecule has 2 aliphatic rings. The van der Waals surface area contributed by atoms with E-state index in [0.29, 0.717) is 24.5 Å². The highest BCUT2D eigenvalue weighted by Crippen LogP contribution is 2.30. The van der Waals surface area contributed by atoms with Crippen molar-refractivity contribution in [2.45, 2.75) is 51.9 Å². The van der Waals surface area contributed by atoms with Crippen LogP contribution in [0.5, 0.6) is 0 Å². The van der Waals surface area contributed by atoms with Gasteiger partial charge in [-0.2, -0.15) is 5.10 Å². The summed E-state index contributed by atoms with van der Waals surface area (Å²) in [6, 6.07) is 13.6. The number of carbonyl (C=O) groups excluding carboxylic acids is 2. The van der Waals surface area contributed by atoms with Crippen molar-refractivity contribution in [1.82, 2.24) is 5.01 Å². The summed E-state index contributed by atoms with van der Waals surface area (Å²) >= 11 is 0. The largest absolute Gasteiger partial charge is 0.466 e. The number of nitrogens with zero attached hydrogens (tertiary/aromatic N) is 2.